The highest BCUT2D eigenvalue weighted by Crippen LogP contribution is 2.05. The number of rotatable bonds is 4. The normalized spacial score (nSPS) is 19.9. The number of nitrogens with one attached hydrogen (secondary N) is 1. The van der Waals surface area contributed by atoms with E-state index in [9.17, 15) is 4.79 Å². The lowest BCUT2D eigenvalue weighted by Gasteiger charge is -2.23. The topological polar surface area (TPSA) is 93.6 Å². The van der Waals surface area contributed by atoms with Crippen molar-refractivity contribution in [3.63, 3.8) is 0 Å². The smallest absolute Gasteiger partial charge is 0.356 e. The lowest BCUT2D eigenvalue weighted by atomic mass is 10.3. The highest BCUT2D eigenvalue weighted by molar-refractivity contribution is 5.85. The van der Waals surface area contributed by atoms with E-state index in [0.29, 0.717) is 32.2 Å². The van der Waals surface area contributed by atoms with E-state index in [1.807, 2.05) is 0 Å². The van der Waals surface area contributed by atoms with E-state index in [1.54, 1.807) is 0 Å². The summed E-state index contributed by atoms with van der Waals surface area (Å²) in [6, 6.07) is 0. The maximum Gasteiger partial charge on any atom is 0.356 e. The zero-order valence-corrected chi connectivity index (χ0v) is 9.13. The summed E-state index contributed by atoms with van der Waals surface area (Å²) in [5, 5.41) is 11.7. The fourth-order valence-corrected chi connectivity index (χ4v) is 1.43. The van der Waals surface area contributed by atoms with Crippen molar-refractivity contribution >= 4 is 11.8 Å². The molecule has 7 nitrogen and oxygen atoms in total. The molecule has 2 rings (SSSR count). The van der Waals surface area contributed by atoms with Crippen LogP contribution in [-0.4, -0.2) is 53.5 Å². The molecule has 0 bridgehead atoms. The molecule has 17 heavy (non-hydrogen) atoms. The number of ether oxygens (including phenoxy) is 2. The van der Waals surface area contributed by atoms with Gasteiger partial charge in [0.2, 0.25) is 0 Å². The van der Waals surface area contributed by atoms with Gasteiger partial charge in [0.1, 0.15) is 5.82 Å². The zero-order valence-electron chi connectivity index (χ0n) is 9.13. The summed E-state index contributed by atoms with van der Waals surface area (Å²) >= 11 is 0. The molecule has 1 aliphatic rings. The predicted molar refractivity (Wildman–Crippen MR) is 58.0 cm³/mol. The van der Waals surface area contributed by atoms with Gasteiger partial charge in [0, 0.05) is 6.54 Å². The van der Waals surface area contributed by atoms with Crippen LogP contribution in [0, 0.1) is 0 Å². The quantitative estimate of drug-likeness (QED) is 0.763. The molecule has 1 atom stereocenters. The monoisotopic (exact) mass is 239 g/mol. The lowest BCUT2D eigenvalue weighted by Crippen LogP contribution is -2.34. The van der Waals surface area contributed by atoms with Crippen molar-refractivity contribution in [2.24, 2.45) is 0 Å². The predicted octanol–water partition coefficient (Wildman–Crippen LogP) is 0.00210. The molecule has 2 N–H and O–H groups in total. The van der Waals surface area contributed by atoms with Crippen LogP contribution in [0.15, 0.2) is 12.4 Å². The first-order chi connectivity index (χ1) is 8.25. The highest BCUT2D eigenvalue weighted by Gasteiger charge is 2.14. The van der Waals surface area contributed by atoms with Gasteiger partial charge in [0.15, 0.2) is 5.69 Å². The summed E-state index contributed by atoms with van der Waals surface area (Å²) in [5.74, 6) is -0.683. The van der Waals surface area contributed by atoms with Crippen LogP contribution in [-0.2, 0) is 9.47 Å². The average molecular weight is 239 g/mol. The molecule has 0 amide bonds. The van der Waals surface area contributed by atoms with Crippen LogP contribution >= 0.6 is 0 Å². The van der Waals surface area contributed by atoms with E-state index in [4.69, 9.17) is 14.6 Å². The van der Waals surface area contributed by atoms with E-state index < -0.39 is 5.97 Å². The van der Waals surface area contributed by atoms with Crippen LogP contribution < -0.4 is 5.32 Å². The van der Waals surface area contributed by atoms with Crippen LogP contribution in [0.1, 0.15) is 10.5 Å². The molecule has 1 saturated heterocycles. The Hall–Kier alpha value is -1.73. The Morgan fingerprint density at radius 3 is 3.12 bits per heavy atom. The molecular formula is C10H13N3O4. The summed E-state index contributed by atoms with van der Waals surface area (Å²) < 4.78 is 10.7. The van der Waals surface area contributed by atoms with Crippen LogP contribution in [0.25, 0.3) is 0 Å². The second-order valence-corrected chi connectivity index (χ2v) is 3.54. The van der Waals surface area contributed by atoms with E-state index in [0.717, 1.165) is 0 Å². The number of hydrogen-bond donors (Lipinski definition) is 2. The van der Waals surface area contributed by atoms with Crippen molar-refractivity contribution in [1.29, 1.82) is 0 Å². The van der Waals surface area contributed by atoms with Gasteiger partial charge in [-0.2, -0.15) is 0 Å². The van der Waals surface area contributed by atoms with E-state index in [2.05, 4.69) is 15.3 Å². The molecule has 0 aromatic carbocycles. The Kier molecular flexibility index (Phi) is 3.84. The minimum absolute atomic E-state index is 0.0426. The molecule has 92 valence electrons. The molecule has 1 aromatic rings. The van der Waals surface area contributed by atoms with Gasteiger partial charge in [-0.15, -0.1) is 0 Å². The second kappa shape index (κ2) is 5.55. The van der Waals surface area contributed by atoms with Crippen LogP contribution in [0.2, 0.25) is 0 Å². The first kappa shape index (κ1) is 11.7. The number of hydrogen-bond acceptors (Lipinski definition) is 6. The zero-order chi connectivity index (χ0) is 12.1. The molecule has 0 spiro atoms. The van der Waals surface area contributed by atoms with Gasteiger partial charge in [-0.1, -0.05) is 0 Å². The first-order valence-corrected chi connectivity index (χ1v) is 5.24. The van der Waals surface area contributed by atoms with Crippen molar-refractivity contribution in [3.8, 4) is 0 Å². The summed E-state index contributed by atoms with van der Waals surface area (Å²) in [4.78, 5) is 18.4. The third-order valence-electron chi connectivity index (χ3n) is 2.25. The Bertz CT molecular complexity index is 393. The van der Waals surface area contributed by atoms with E-state index in [-0.39, 0.29) is 11.8 Å². The van der Waals surface area contributed by atoms with Crippen LogP contribution in [0.3, 0.4) is 0 Å². The van der Waals surface area contributed by atoms with Crippen LogP contribution in [0.5, 0.6) is 0 Å². The van der Waals surface area contributed by atoms with Gasteiger partial charge in [-0.25, -0.2) is 9.78 Å². The van der Waals surface area contributed by atoms with Crippen molar-refractivity contribution in [2.75, 3.05) is 31.7 Å². The minimum Gasteiger partial charge on any atom is -0.476 e. The SMILES string of the molecule is O=C(O)c1cncc(NCC2COCCO2)n1. The van der Waals surface area contributed by atoms with Crippen molar-refractivity contribution in [3.05, 3.63) is 18.1 Å². The Balaban J connectivity index is 1.89. The number of aromatic nitrogens is 2. The summed E-state index contributed by atoms with van der Waals surface area (Å²) in [6.07, 6.45) is 2.63. The van der Waals surface area contributed by atoms with Gasteiger partial charge in [0.25, 0.3) is 0 Å². The fourth-order valence-electron chi connectivity index (χ4n) is 1.43. The molecular weight excluding hydrogens is 226 g/mol. The molecule has 1 aromatic heterocycles. The van der Waals surface area contributed by atoms with Crippen molar-refractivity contribution in [2.45, 2.75) is 6.10 Å². The highest BCUT2D eigenvalue weighted by atomic mass is 16.6. The third kappa shape index (κ3) is 3.36. The van der Waals surface area contributed by atoms with Gasteiger partial charge in [-0.3, -0.25) is 4.98 Å². The number of nitrogens with zero attached hydrogens (tertiary/aromatic N) is 2. The molecule has 1 fully saturated rings. The number of aromatic carboxylic acids is 1. The molecule has 0 aliphatic carbocycles. The molecule has 0 saturated carbocycles. The van der Waals surface area contributed by atoms with Gasteiger partial charge < -0.3 is 19.9 Å². The Morgan fingerprint density at radius 2 is 2.41 bits per heavy atom. The third-order valence-corrected chi connectivity index (χ3v) is 2.25. The Morgan fingerprint density at radius 1 is 1.53 bits per heavy atom. The van der Waals surface area contributed by atoms with Crippen LogP contribution in [0.4, 0.5) is 5.82 Å². The molecule has 7 heteroatoms. The summed E-state index contributed by atoms with van der Waals surface area (Å²) in [5.41, 5.74) is -0.0872. The standard InChI is InChI=1S/C10H13N3O4/c14-10(15)8-4-11-5-9(13-8)12-3-7-6-16-1-2-17-7/h4-5,7H,1-3,6H2,(H,12,13)(H,14,15). The number of anilines is 1. The van der Waals surface area contributed by atoms with Gasteiger partial charge >= 0.3 is 5.97 Å². The van der Waals surface area contributed by atoms with Gasteiger partial charge in [-0.05, 0) is 0 Å². The van der Waals surface area contributed by atoms with E-state index >= 15 is 0 Å². The summed E-state index contributed by atoms with van der Waals surface area (Å²) in [6.45, 7) is 2.23. The van der Waals surface area contributed by atoms with Crippen molar-refractivity contribution in [1.82, 2.24) is 9.97 Å². The number of carboxylic acids is 1. The van der Waals surface area contributed by atoms with Crippen molar-refractivity contribution < 1.29 is 19.4 Å². The molecule has 1 aliphatic heterocycles. The minimum atomic E-state index is -1.10. The molecule has 0 radical (unpaired) electrons. The molecule has 2 heterocycles. The first-order valence-electron chi connectivity index (χ1n) is 5.24. The van der Waals surface area contributed by atoms with E-state index in [1.165, 1.54) is 12.4 Å². The summed E-state index contributed by atoms with van der Waals surface area (Å²) in [7, 11) is 0. The Labute approximate surface area is 97.8 Å². The van der Waals surface area contributed by atoms with Gasteiger partial charge in [0.05, 0.1) is 38.3 Å². The maximum atomic E-state index is 10.7. The average Bonchev–Trinajstić information content (AvgIpc) is 2.38. The second-order valence-electron chi connectivity index (χ2n) is 3.54. The number of carbonyl (C=O) groups is 1. The lowest BCUT2D eigenvalue weighted by molar-refractivity contribution is -0.0819. The molecule has 1 unspecified atom stereocenters. The maximum absolute atomic E-state index is 10.7. The fraction of sp³-hybridized carbons (Fsp3) is 0.500. The largest absolute Gasteiger partial charge is 0.476 e. The number of carboxylic acid groups (broad SMARTS) is 1.